The lowest BCUT2D eigenvalue weighted by atomic mass is 10.0. The highest BCUT2D eigenvalue weighted by atomic mass is 16.5. The van der Waals surface area contributed by atoms with Crippen molar-refractivity contribution in [2.24, 2.45) is 0 Å². The van der Waals surface area contributed by atoms with Crippen LogP contribution in [0.1, 0.15) is 48.5 Å². The Morgan fingerprint density at radius 2 is 2.23 bits per heavy atom. The average Bonchev–Trinajstić information content (AvgIpc) is 2.53. The van der Waals surface area contributed by atoms with Gasteiger partial charge in [0.15, 0.2) is 0 Å². The number of carbonyl (C=O) groups excluding carboxylic acids is 1. The third kappa shape index (κ3) is 4.47. The predicted octanol–water partition coefficient (Wildman–Crippen LogP) is 1.58. The fourth-order valence-corrected chi connectivity index (χ4v) is 3.21. The molecule has 1 aromatic rings. The summed E-state index contributed by atoms with van der Waals surface area (Å²) in [5.74, 6) is 0.749. The maximum Gasteiger partial charge on any atom is 0.251 e. The minimum atomic E-state index is -0.0139. The van der Waals surface area contributed by atoms with Crippen LogP contribution in [-0.4, -0.2) is 38.7 Å². The number of amides is 1. The van der Waals surface area contributed by atoms with Gasteiger partial charge in [0.25, 0.3) is 5.91 Å². The van der Waals surface area contributed by atoms with Crippen LogP contribution in [0.3, 0.4) is 0 Å². The second-order valence-corrected chi connectivity index (χ2v) is 6.35. The SMILES string of the molecule is COc1cc(C(=O)NCCC[NH+]2CCCC[C@@H]2C)ccc1C. The zero-order chi connectivity index (χ0) is 15.9. The molecule has 1 saturated heterocycles. The third-order valence-corrected chi connectivity index (χ3v) is 4.71. The van der Waals surface area contributed by atoms with Gasteiger partial charge >= 0.3 is 0 Å². The van der Waals surface area contributed by atoms with Crippen molar-refractivity contribution in [2.45, 2.75) is 45.6 Å². The Hall–Kier alpha value is -1.55. The first-order chi connectivity index (χ1) is 10.6. The van der Waals surface area contributed by atoms with Gasteiger partial charge in [-0.2, -0.15) is 0 Å². The van der Waals surface area contributed by atoms with Gasteiger partial charge in [-0.25, -0.2) is 0 Å². The van der Waals surface area contributed by atoms with Crippen molar-refractivity contribution in [3.63, 3.8) is 0 Å². The van der Waals surface area contributed by atoms with E-state index in [0.717, 1.165) is 36.9 Å². The minimum Gasteiger partial charge on any atom is -0.496 e. The van der Waals surface area contributed by atoms with Gasteiger partial charge < -0.3 is 15.0 Å². The first-order valence-corrected chi connectivity index (χ1v) is 8.39. The van der Waals surface area contributed by atoms with Crippen LogP contribution in [0.15, 0.2) is 18.2 Å². The molecule has 0 radical (unpaired) electrons. The molecule has 2 atom stereocenters. The Kier molecular flexibility index (Phi) is 6.25. The minimum absolute atomic E-state index is 0.0139. The molecule has 22 heavy (non-hydrogen) atoms. The second-order valence-electron chi connectivity index (χ2n) is 6.35. The lowest BCUT2D eigenvalue weighted by Gasteiger charge is -2.30. The molecular weight excluding hydrogens is 276 g/mol. The van der Waals surface area contributed by atoms with Crippen molar-refractivity contribution in [1.82, 2.24) is 5.32 Å². The molecule has 2 rings (SSSR count). The van der Waals surface area contributed by atoms with E-state index in [1.807, 2.05) is 25.1 Å². The van der Waals surface area contributed by atoms with Crippen LogP contribution in [0, 0.1) is 6.92 Å². The zero-order valence-corrected chi connectivity index (χ0v) is 14.1. The fraction of sp³-hybridized carbons (Fsp3) is 0.611. The van der Waals surface area contributed by atoms with Crippen molar-refractivity contribution in [1.29, 1.82) is 0 Å². The molecule has 0 spiro atoms. The van der Waals surface area contributed by atoms with E-state index in [4.69, 9.17) is 4.74 Å². The predicted molar refractivity (Wildman–Crippen MR) is 88.7 cm³/mol. The fourth-order valence-electron chi connectivity index (χ4n) is 3.21. The summed E-state index contributed by atoms with van der Waals surface area (Å²) in [7, 11) is 1.63. The highest BCUT2D eigenvalue weighted by Gasteiger charge is 2.20. The molecule has 1 amide bonds. The molecule has 0 aromatic heterocycles. The summed E-state index contributed by atoms with van der Waals surface area (Å²) in [5, 5.41) is 3.02. The number of benzene rings is 1. The number of quaternary nitrogens is 1. The molecule has 4 heteroatoms. The summed E-state index contributed by atoms with van der Waals surface area (Å²) in [6.07, 6.45) is 5.09. The number of methoxy groups -OCH3 is 1. The average molecular weight is 305 g/mol. The molecule has 0 aliphatic carbocycles. The van der Waals surface area contributed by atoms with Gasteiger partial charge in [-0.05, 0) is 50.8 Å². The highest BCUT2D eigenvalue weighted by Crippen LogP contribution is 2.18. The van der Waals surface area contributed by atoms with Crippen molar-refractivity contribution in [3.05, 3.63) is 29.3 Å². The number of hydrogen-bond donors (Lipinski definition) is 2. The van der Waals surface area contributed by atoms with Gasteiger partial charge in [0.1, 0.15) is 5.75 Å². The molecule has 1 unspecified atom stereocenters. The number of rotatable bonds is 6. The summed E-state index contributed by atoms with van der Waals surface area (Å²) in [4.78, 5) is 13.9. The maximum atomic E-state index is 12.2. The molecule has 1 aromatic carbocycles. The summed E-state index contributed by atoms with van der Waals surface area (Å²) < 4.78 is 5.27. The standard InChI is InChI=1S/C18H28N2O2/c1-14-8-9-16(13-17(14)22-3)18(21)19-10-6-12-20-11-5-4-7-15(20)2/h8-9,13,15H,4-7,10-12H2,1-3H3,(H,19,21)/p+1/t15-/m0/s1. The molecular formula is C18H29N2O2+. The first kappa shape index (κ1) is 16.8. The van der Waals surface area contributed by atoms with Gasteiger partial charge in [-0.3, -0.25) is 4.79 Å². The van der Waals surface area contributed by atoms with E-state index in [-0.39, 0.29) is 5.91 Å². The largest absolute Gasteiger partial charge is 0.496 e. The molecule has 122 valence electrons. The van der Waals surface area contributed by atoms with Gasteiger partial charge in [0, 0.05) is 18.5 Å². The third-order valence-electron chi connectivity index (χ3n) is 4.71. The Labute approximate surface area is 133 Å². The molecule has 1 heterocycles. The van der Waals surface area contributed by atoms with Crippen LogP contribution < -0.4 is 15.0 Å². The summed E-state index contributed by atoms with van der Waals surface area (Å²) >= 11 is 0. The van der Waals surface area contributed by atoms with Gasteiger partial charge in [0.05, 0.1) is 26.2 Å². The molecule has 1 fully saturated rings. The monoisotopic (exact) mass is 305 g/mol. The van der Waals surface area contributed by atoms with Gasteiger partial charge in [0.2, 0.25) is 0 Å². The molecule has 2 N–H and O–H groups in total. The number of hydrogen-bond acceptors (Lipinski definition) is 2. The second kappa shape index (κ2) is 8.18. The van der Waals surface area contributed by atoms with E-state index in [1.54, 1.807) is 12.0 Å². The van der Waals surface area contributed by atoms with Crippen molar-refractivity contribution in [3.8, 4) is 5.75 Å². The van der Waals surface area contributed by atoms with E-state index in [0.29, 0.717) is 5.56 Å². The number of carbonyl (C=O) groups is 1. The van der Waals surface area contributed by atoms with Gasteiger partial charge in [-0.15, -0.1) is 0 Å². The van der Waals surface area contributed by atoms with E-state index < -0.39 is 0 Å². The molecule has 0 bridgehead atoms. The van der Waals surface area contributed by atoms with E-state index >= 15 is 0 Å². The highest BCUT2D eigenvalue weighted by molar-refractivity contribution is 5.94. The summed E-state index contributed by atoms with van der Waals surface area (Å²) in [6, 6.07) is 6.35. The Morgan fingerprint density at radius 3 is 2.95 bits per heavy atom. The summed E-state index contributed by atoms with van der Waals surface area (Å²) in [6.45, 7) is 7.49. The van der Waals surface area contributed by atoms with Crippen LogP contribution >= 0.6 is 0 Å². The van der Waals surface area contributed by atoms with E-state index in [1.165, 1.54) is 25.8 Å². The van der Waals surface area contributed by atoms with Crippen molar-refractivity contribution in [2.75, 3.05) is 26.7 Å². The lowest BCUT2D eigenvalue weighted by molar-refractivity contribution is -0.928. The van der Waals surface area contributed by atoms with E-state index in [2.05, 4.69) is 12.2 Å². The van der Waals surface area contributed by atoms with Crippen LogP contribution in [-0.2, 0) is 0 Å². The topological polar surface area (TPSA) is 42.8 Å². The normalized spacial score (nSPS) is 21.4. The molecule has 1 aliphatic heterocycles. The van der Waals surface area contributed by atoms with Crippen LogP contribution in [0.5, 0.6) is 5.75 Å². The van der Waals surface area contributed by atoms with Crippen LogP contribution in [0.2, 0.25) is 0 Å². The Morgan fingerprint density at radius 1 is 1.41 bits per heavy atom. The first-order valence-electron chi connectivity index (χ1n) is 8.39. The number of likely N-dealkylation sites (tertiary alicyclic amines) is 1. The van der Waals surface area contributed by atoms with Gasteiger partial charge in [-0.1, -0.05) is 6.07 Å². The van der Waals surface area contributed by atoms with Crippen LogP contribution in [0.25, 0.3) is 0 Å². The number of nitrogens with one attached hydrogen (secondary N) is 2. The Bertz CT molecular complexity index is 502. The number of ether oxygens (including phenoxy) is 1. The molecule has 4 nitrogen and oxygen atoms in total. The maximum absolute atomic E-state index is 12.2. The van der Waals surface area contributed by atoms with Crippen LogP contribution in [0.4, 0.5) is 0 Å². The van der Waals surface area contributed by atoms with E-state index in [9.17, 15) is 4.79 Å². The Balaban J connectivity index is 1.75. The number of piperidine rings is 1. The number of aryl methyl sites for hydroxylation is 1. The quantitative estimate of drug-likeness (QED) is 0.784. The zero-order valence-electron chi connectivity index (χ0n) is 14.1. The van der Waals surface area contributed by atoms with Crippen molar-refractivity contribution < 1.29 is 14.4 Å². The summed E-state index contributed by atoms with van der Waals surface area (Å²) in [5.41, 5.74) is 1.71. The van der Waals surface area contributed by atoms with Crippen molar-refractivity contribution >= 4 is 5.91 Å². The molecule has 0 saturated carbocycles. The lowest BCUT2D eigenvalue weighted by Crippen LogP contribution is -3.16. The molecule has 1 aliphatic rings. The smallest absolute Gasteiger partial charge is 0.251 e.